The lowest BCUT2D eigenvalue weighted by Crippen LogP contribution is -1.97. The lowest BCUT2D eigenvalue weighted by atomic mass is 9.95. The first kappa shape index (κ1) is 25.9. The Bertz CT molecular complexity index is 2800. The van der Waals surface area contributed by atoms with Crippen molar-refractivity contribution in [3.05, 3.63) is 164 Å². The zero-order chi connectivity index (χ0) is 30.9. The van der Waals surface area contributed by atoms with Crippen LogP contribution in [0.2, 0.25) is 0 Å². The number of benzene rings is 7. The van der Waals surface area contributed by atoms with Crippen LogP contribution in [0, 0.1) is 0 Å². The van der Waals surface area contributed by atoms with Gasteiger partial charge in [-0.3, -0.25) is 8.97 Å². The molecule has 0 aliphatic rings. The summed E-state index contributed by atoms with van der Waals surface area (Å²) >= 11 is 0. The summed E-state index contributed by atoms with van der Waals surface area (Å²) in [6.45, 7) is 0. The standard InChI is InChI=1S/C43H27N3O/c1-2-11-28(12-3-1)29-13-10-14-30(23-29)32-24-33(31-21-22-42-36(27-31)35-15-4-9-20-41(35)47-42)26-34(25-32)45-39-18-7-8-19-40(39)46-38-17-6-5-16-37(38)44-43(45)46/h1-27H. The zero-order valence-corrected chi connectivity index (χ0v) is 25.3. The molecule has 0 amide bonds. The normalized spacial score (nSPS) is 11.8. The molecule has 7 aromatic carbocycles. The molecule has 3 aromatic heterocycles. The highest BCUT2D eigenvalue weighted by Crippen LogP contribution is 2.38. The van der Waals surface area contributed by atoms with Crippen LogP contribution in [0.1, 0.15) is 0 Å². The SMILES string of the molecule is c1ccc(-c2cccc(-c3cc(-c4ccc5oc6ccccc6c5c4)cc(-n4c5ccccc5n5c6ccccc6nc45)c3)c2)cc1. The maximum atomic E-state index is 6.18. The van der Waals surface area contributed by atoms with Crippen molar-refractivity contribution < 1.29 is 4.42 Å². The number of aromatic nitrogens is 3. The molecule has 0 aliphatic carbocycles. The first-order chi connectivity index (χ1) is 23.3. The predicted molar refractivity (Wildman–Crippen MR) is 193 cm³/mol. The second kappa shape index (κ2) is 10.1. The van der Waals surface area contributed by atoms with Gasteiger partial charge in [0.1, 0.15) is 11.2 Å². The van der Waals surface area contributed by atoms with Crippen molar-refractivity contribution in [3.8, 4) is 39.1 Å². The van der Waals surface area contributed by atoms with E-state index >= 15 is 0 Å². The molecule has 4 heteroatoms. The van der Waals surface area contributed by atoms with Crippen LogP contribution in [0.4, 0.5) is 0 Å². The summed E-state index contributed by atoms with van der Waals surface area (Å²) < 4.78 is 10.8. The lowest BCUT2D eigenvalue weighted by Gasteiger charge is -2.14. The van der Waals surface area contributed by atoms with Gasteiger partial charge in [-0.05, 0) is 100 Å². The molecule has 220 valence electrons. The van der Waals surface area contributed by atoms with E-state index in [0.29, 0.717) is 0 Å². The van der Waals surface area contributed by atoms with Gasteiger partial charge in [0.15, 0.2) is 0 Å². The third-order valence-corrected chi connectivity index (χ3v) is 9.30. The Balaban J connectivity index is 1.26. The van der Waals surface area contributed by atoms with Crippen molar-refractivity contribution in [3.63, 3.8) is 0 Å². The minimum absolute atomic E-state index is 0.893. The van der Waals surface area contributed by atoms with E-state index < -0.39 is 0 Å². The lowest BCUT2D eigenvalue weighted by molar-refractivity contribution is 0.669. The average Bonchev–Trinajstić information content (AvgIpc) is 3.80. The maximum absolute atomic E-state index is 6.18. The van der Waals surface area contributed by atoms with Crippen molar-refractivity contribution in [2.45, 2.75) is 0 Å². The van der Waals surface area contributed by atoms with Gasteiger partial charge in [-0.1, -0.05) is 97.1 Å². The van der Waals surface area contributed by atoms with Gasteiger partial charge in [0.2, 0.25) is 5.78 Å². The van der Waals surface area contributed by atoms with Crippen LogP contribution in [0.3, 0.4) is 0 Å². The van der Waals surface area contributed by atoms with Crippen LogP contribution in [-0.4, -0.2) is 14.0 Å². The monoisotopic (exact) mass is 601 g/mol. The van der Waals surface area contributed by atoms with E-state index in [2.05, 4.69) is 161 Å². The number of para-hydroxylation sites is 5. The molecular weight excluding hydrogens is 574 g/mol. The van der Waals surface area contributed by atoms with E-state index in [-0.39, 0.29) is 0 Å². The molecule has 0 fully saturated rings. The zero-order valence-electron chi connectivity index (χ0n) is 25.3. The van der Waals surface area contributed by atoms with Gasteiger partial charge in [0.05, 0.1) is 27.8 Å². The molecule has 0 unspecified atom stereocenters. The van der Waals surface area contributed by atoms with E-state index in [1.165, 1.54) is 11.1 Å². The second-order valence-electron chi connectivity index (χ2n) is 12.1. The Hall–Kier alpha value is -6.39. The van der Waals surface area contributed by atoms with Gasteiger partial charge in [-0.15, -0.1) is 0 Å². The Morgan fingerprint density at radius 1 is 0.404 bits per heavy atom. The summed E-state index contributed by atoms with van der Waals surface area (Å²) in [6.07, 6.45) is 0. The molecule has 3 heterocycles. The molecule has 4 nitrogen and oxygen atoms in total. The number of nitrogens with zero attached hydrogens (tertiary/aromatic N) is 3. The quantitative estimate of drug-likeness (QED) is 0.201. The third-order valence-electron chi connectivity index (χ3n) is 9.30. The Morgan fingerprint density at radius 3 is 1.87 bits per heavy atom. The fraction of sp³-hybridized carbons (Fsp3) is 0. The Labute approximate surface area is 270 Å². The molecule has 47 heavy (non-hydrogen) atoms. The number of hydrogen-bond donors (Lipinski definition) is 0. The summed E-state index contributed by atoms with van der Waals surface area (Å²) in [5.74, 6) is 0.893. The molecule has 0 atom stereocenters. The van der Waals surface area contributed by atoms with Crippen LogP contribution in [0.15, 0.2) is 168 Å². The molecule has 0 saturated heterocycles. The molecule has 0 saturated carbocycles. The maximum Gasteiger partial charge on any atom is 0.220 e. The van der Waals surface area contributed by atoms with Gasteiger partial charge < -0.3 is 4.42 Å². The molecule has 10 rings (SSSR count). The Morgan fingerprint density at radius 2 is 1.02 bits per heavy atom. The van der Waals surface area contributed by atoms with Crippen molar-refractivity contribution in [1.82, 2.24) is 14.0 Å². The van der Waals surface area contributed by atoms with Crippen molar-refractivity contribution >= 4 is 49.8 Å². The minimum atomic E-state index is 0.893. The molecule has 0 bridgehead atoms. The van der Waals surface area contributed by atoms with Crippen molar-refractivity contribution in [1.29, 1.82) is 0 Å². The highest BCUT2D eigenvalue weighted by molar-refractivity contribution is 6.06. The summed E-state index contributed by atoms with van der Waals surface area (Å²) in [5, 5.41) is 2.24. The second-order valence-corrected chi connectivity index (χ2v) is 12.1. The highest BCUT2D eigenvalue weighted by atomic mass is 16.3. The Kier molecular flexibility index (Phi) is 5.54. The first-order valence-electron chi connectivity index (χ1n) is 15.9. The number of fused-ring (bicyclic) bond motifs is 8. The minimum Gasteiger partial charge on any atom is -0.456 e. The molecule has 0 aliphatic heterocycles. The number of imidazole rings is 2. The van der Waals surface area contributed by atoms with E-state index in [4.69, 9.17) is 9.40 Å². The summed E-state index contributed by atoms with van der Waals surface area (Å²) in [4.78, 5) is 5.17. The van der Waals surface area contributed by atoms with Crippen LogP contribution in [-0.2, 0) is 0 Å². The van der Waals surface area contributed by atoms with E-state index in [1.54, 1.807) is 0 Å². The van der Waals surface area contributed by atoms with Crippen LogP contribution in [0.25, 0.3) is 88.9 Å². The fourth-order valence-electron chi connectivity index (χ4n) is 7.09. The molecule has 10 aromatic rings. The number of hydrogen-bond acceptors (Lipinski definition) is 2. The van der Waals surface area contributed by atoms with Crippen LogP contribution >= 0.6 is 0 Å². The average molecular weight is 602 g/mol. The van der Waals surface area contributed by atoms with Crippen LogP contribution in [0.5, 0.6) is 0 Å². The van der Waals surface area contributed by atoms with Gasteiger partial charge in [0.25, 0.3) is 0 Å². The van der Waals surface area contributed by atoms with E-state index in [0.717, 1.165) is 77.7 Å². The third kappa shape index (κ3) is 4.05. The van der Waals surface area contributed by atoms with E-state index in [9.17, 15) is 0 Å². The number of rotatable bonds is 4. The van der Waals surface area contributed by atoms with Crippen molar-refractivity contribution in [2.75, 3.05) is 0 Å². The topological polar surface area (TPSA) is 35.4 Å². The largest absolute Gasteiger partial charge is 0.456 e. The van der Waals surface area contributed by atoms with Gasteiger partial charge in [-0.25, -0.2) is 4.98 Å². The fourth-order valence-corrected chi connectivity index (χ4v) is 7.09. The highest BCUT2D eigenvalue weighted by Gasteiger charge is 2.19. The smallest absolute Gasteiger partial charge is 0.220 e. The first-order valence-corrected chi connectivity index (χ1v) is 15.9. The number of furan rings is 1. The molecular formula is C43H27N3O. The van der Waals surface area contributed by atoms with Gasteiger partial charge in [0, 0.05) is 10.8 Å². The summed E-state index contributed by atoms with van der Waals surface area (Å²) in [6, 6.07) is 58.0. The summed E-state index contributed by atoms with van der Waals surface area (Å²) in [5.41, 5.74) is 14.1. The van der Waals surface area contributed by atoms with Gasteiger partial charge in [-0.2, -0.15) is 0 Å². The molecule has 0 radical (unpaired) electrons. The molecule has 0 spiro atoms. The molecule has 0 N–H and O–H groups in total. The van der Waals surface area contributed by atoms with E-state index in [1.807, 2.05) is 12.1 Å². The summed E-state index contributed by atoms with van der Waals surface area (Å²) in [7, 11) is 0. The van der Waals surface area contributed by atoms with Crippen LogP contribution < -0.4 is 0 Å². The van der Waals surface area contributed by atoms with Crippen molar-refractivity contribution in [2.24, 2.45) is 0 Å². The predicted octanol–water partition coefficient (Wildman–Crippen LogP) is 11.3. The van der Waals surface area contributed by atoms with Gasteiger partial charge >= 0.3 is 0 Å².